The Kier molecular flexibility index (Phi) is 6.40. The number of hydrogen-bond donors (Lipinski definition) is 1. The average molecular weight is 303 g/mol. The quantitative estimate of drug-likeness (QED) is 0.849. The summed E-state index contributed by atoms with van der Waals surface area (Å²) in [7, 11) is 0. The highest BCUT2D eigenvalue weighted by molar-refractivity contribution is 5.80. The van der Waals surface area contributed by atoms with Crippen LogP contribution >= 0.6 is 0 Å². The molecule has 120 valence electrons. The second-order valence-corrected chi connectivity index (χ2v) is 5.58. The molecule has 2 rings (SSSR count). The van der Waals surface area contributed by atoms with Crippen LogP contribution < -0.4 is 5.32 Å². The van der Waals surface area contributed by atoms with Crippen molar-refractivity contribution in [3.05, 3.63) is 35.9 Å². The van der Waals surface area contributed by atoms with Crippen LogP contribution in [0.4, 0.5) is 0 Å². The van der Waals surface area contributed by atoms with Crippen molar-refractivity contribution >= 4 is 11.8 Å². The van der Waals surface area contributed by atoms with Gasteiger partial charge in [-0.25, -0.2) is 0 Å². The van der Waals surface area contributed by atoms with Crippen molar-refractivity contribution in [1.29, 1.82) is 0 Å². The number of amides is 2. The Morgan fingerprint density at radius 1 is 1.09 bits per heavy atom. The van der Waals surface area contributed by atoms with Crippen molar-refractivity contribution in [2.75, 3.05) is 39.3 Å². The number of likely N-dealkylation sites (N-methyl/N-ethyl adjacent to an activating group) is 1. The van der Waals surface area contributed by atoms with Crippen LogP contribution in [0.5, 0.6) is 0 Å². The molecule has 1 saturated heterocycles. The molecule has 2 amide bonds. The molecule has 1 aromatic carbocycles. The van der Waals surface area contributed by atoms with Crippen LogP contribution in [0.2, 0.25) is 0 Å². The van der Waals surface area contributed by atoms with Gasteiger partial charge in [0.1, 0.15) is 0 Å². The summed E-state index contributed by atoms with van der Waals surface area (Å²) in [5.41, 5.74) is 0.988. The summed E-state index contributed by atoms with van der Waals surface area (Å²) < 4.78 is 0. The number of nitrogens with zero attached hydrogens (tertiary/aromatic N) is 2. The number of nitrogens with one attached hydrogen (secondary N) is 1. The van der Waals surface area contributed by atoms with E-state index in [-0.39, 0.29) is 11.8 Å². The predicted molar refractivity (Wildman–Crippen MR) is 86.5 cm³/mol. The highest BCUT2D eigenvalue weighted by atomic mass is 16.2. The van der Waals surface area contributed by atoms with Crippen LogP contribution in [0, 0.1) is 0 Å². The highest BCUT2D eigenvalue weighted by Gasteiger charge is 2.19. The molecule has 0 bridgehead atoms. The molecule has 5 heteroatoms. The lowest BCUT2D eigenvalue weighted by Crippen LogP contribution is -2.49. The molecule has 1 aromatic rings. The topological polar surface area (TPSA) is 52.6 Å². The van der Waals surface area contributed by atoms with Gasteiger partial charge < -0.3 is 15.1 Å². The number of benzene rings is 1. The molecule has 0 radical (unpaired) electrons. The fraction of sp³-hybridized carbons (Fsp3) is 0.529. The predicted octanol–water partition coefficient (Wildman–Crippen LogP) is 0.900. The average Bonchev–Trinajstić information content (AvgIpc) is 2.55. The number of hydrogen-bond acceptors (Lipinski definition) is 3. The van der Waals surface area contributed by atoms with E-state index in [9.17, 15) is 9.59 Å². The third-order valence-corrected chi connectivity index (χ3v) is 4.04. The van der Waals surface area contributed by atoms with Gasteiger partial charge in [-0.2, -0.15) is 0 Å². The van der Waals surface area contributed by atoms with Gasteiger partial charge in [0.25, 0.3) is 0 Å². The molecule has 0 spiro atoms. The van der Waals surface area contributed by atoms with Gasteiger partial charge in [-0.15, -0.1) is 0 Å². The van der Waals surface area contributed by atoms with Gasteiger partial charge >= 0.3 is 0 Å². The molecule has 1 aliphatic rings. The van der Waals surface area contributed by atoms with Crippen molar-refractivity contribution in [2.24, 2.45) is 0 Å². The Morgan fingerprint density at radius 2 is 1.77 bits per heavy atom. The Bertz CT molecular complexity index is 482. The summed E-state index contributed by atoms with van der Waals surface area (Å²) in [5, 5.41) is 2.82. The van der Waals surface area contributed by atoms with Crippen LogP contribution in [0.15, 0.2) is 30.3 Å². The summed E-state index contributed by atoms with van der Waals surface area (Å²) in [4.78, 5) is 28.1. The number of carbonyl (C=O) groups is 2. The van der Waals surface area contributed by atoms with Crippen LogP contribution in [-0.2, 0) is 16.0 Å². The fourth-order valence-electron chi connectivity index (χ4n) is 2.62. The summed E-state index contributed by atoms with van der Waals surface area (Å²) >= 11 is 0. The lowest BCUT2D eigenvalue weighted by molar-refractivity contribution is -0.132. The molecule has 0 atom stereocenters. The normalized spacial score (nSPS) is 15.6. The lowest BCUT2D eigenvalue weighted by atomic mass is 10.1. The van der Waals surface area contributed by atoms with Crippen molar-refractivity contribution < 1.29 is 9.59 Å². The van der Waals surface area contributed by atoms with E-state index in [0.717, 1.165) is 38.3 Å². The Labute approximate surface area is 132 Å². The zero-order chi connectivity index (χ0) is 15.8. The van der Waals surface area contributed by atoms with E-state index in [1.807, 2.05) is 35.2 Å². The summed E-state index contributed by atoms with van der Waals surface area (Å²) in [6.07, 6.45) is 0.747. The molecule has 1 fully saturated rings. The number of piperazine rings is 1. The standard InChI is InChI=1S/C17H25N3O2/c1-2-19-10-12-20(13-11-19)17(22)8-9-18-16(21)14-15-6-4-3-5-7-15/h3-7H,2,8-14H2,1H3,(H,18,21). The van der Waals surface area contributed by atoms with E-state index >= 15 is 0 Å². The second kappa shape index (κ2) is 8.54. The zero-order valence-electron chi connectivity index (χ0n) is 13.3. The van der Waals surface area contributed by atoms with Gasteiger partial charge in [0.2, 0.25) is 11.8 Å². The third kappa shape index (κ3) is 5.15. The second-order valence-electron chi connectivity index (χ2n) is 5.58. The van der Waals surface area contributed by atoms with Gasteiger partial charge in [-0.1, -0.05) is 37.3 Å². The van der Waals surface area contributed by atoms with Gasteiger partial charge in [0.15, 0.2) is 0 Å². The molecule has 0 aromatic heterocycles. The first kappa shape index (κ1) is 16.5. The maximum Gasteiger partial charge on any atom is 0.224 e. The lowest BCUT2D eigenvalue weighted by Gasteiger charge is -2.34. The molecule has 1 N–H and O–H groups in total. The summed E-state index contributed by atoms with van der Waals surface area (Å²) in [6, 6.07) is 9.62. The molecule has 0 aliphatic carbocycles. The summed E-state index contributed by atoms with van der Waals surface area (Å²) in [5.74, 6) is 0.102. The number of rotatable bonds is 6. The minimum absolute atomic E-state index is 0.0326. The highest BCUT2D eigenvalue weighted by Crippen LogP contribution is 2.03. The Hall–Kier alpha value is -1.88. The van der Waals surface area contributed by atoms with Gasteiger partial charge in [0.05, 0.1) is 6.42 Å². The third-order valence-electron chi connectivity index (χ3n) is 4.04. The minimum Gasteiger partial charge on any atom is -0.355 e. The Morgan fingerprint density at radius 3 is 2.41 bits per heavy atom. The SMILES string of the molecule is CCN1CCN(C(=O)CCNC(=O)Cc2ccccc2)CC1. The first-order valence-corrected chi connectivity index (χ1v) is 7.99. The van der Waals surface area contributed by atoms with Crippen molar-refractivity contribution in [2.45, 2.75) is 19.8 Å². The van der Waals surface area contributed by atoms with Crippen LogP contribution in [-0.4, -0.2) is 60.9 Å². The molecular formula is C17H25N3O2. The van der Waals surface area contributed by atoms with Crippen LogP contribution in [0.3, 0.4) is 0 Å². The zero-order valence-corrected chi connectivity index (χ0v) is 13.3. The van der Waals surface area contributed by atoms with Crippen LogP contribution in [0.25, 0.3) is 0 Å². The van der Waals surface area contributed by atoms with E-state index in [4.69, 9.17) is 0 Å². The first-order chi connectivity index (χ1) is 10.7. The molecular weight excluding hydrogens is 278 g/mol. The minimum atomic E-state index is -0.0326. The van der Waals surface area contributed by atoms with E-state index < -0.39 is 0 Å². The molecule has 0 saturated carbocycles. The maximum absolute atomic E-state index is 12.1. The molecule has 0 unspecified atom stereocenters. The molecule has 22 heavy (non-hydrogen) atoms. The first-order valence-electron chi connectivity index (χ1n) is 7.99. The van der Waals surface area contributed by atoms with Crippen molar-refractivity contribution in [1.82, 2.24) is 15.1 Å². The Balaban J connectivity index is 1.64. The smallest absolute Gasteiger partial charge is 0.224 e. The molecule has 5 nitrogen and oxygen atoms in total. The van der Waals surface area contributed by atoms with Crippen molar-refractivity contribution in [3.8, 4) is 0 Å². The summed E-state index contributed by atoms with van der Waals surface area (Å²) in [6.45, 7) is 7.08. The van der Waals surface area contributed by atoms with Gasteiger partial charge in [-0.05, 0) is 12.1 Å². The monoisotopic (exact) mass is 303 g/mol. The number of carbonyl (C=O) groups excluding carboxylic acids is 2. The fourth-order valence-corrected chi connectivity index (χ4v) is 2.62. The molecule has 1 heterocycles. The van der Waals surface area contributed by atoms with E-state index in [1.165, 1.54) is 0 Å². The maximum atomic E-state index is 12.1. The molecule has 1 aliphatic heterocycles. The van der Waals surface area contributed by atoms with Gasteiger partial charge in [0, 0.05) is 39.1 Å². The van der Waals surface area contributed by atoms with Crippen molar-refractivity contribution in [3.63, 3.8) is 0 Å². The van der Waals surface area contributed by atoms with E-state index in [1.54, 1.807) is 0 Å². The van der Waals surface area contributed by atoms with E-state index in [2.05, 4.69) is 17.1 Å². The van der Waals surface area contributed by atoms with E-state index in [0.29, 0.717) is 19.4 Å². The largest absolute Gasteiger partial charge is 0.355 e. The van der Waals surface area contributed by atoms with Gasteiger partial charge in [-0.3, -0.25) is 9.59 Å². The van der Waals surface area contributed by atoms with Crippen LogP contribution in [0.1, 0.15) is 18.9 Å².